The van der Waals surface area contributed by atoms with Crippen LogP contribution in [-0.2, 0) is 11.8 Å². The van der Waals surface area contributed by atoms with E-state index in [0.717, 1.165) is 22.0 Å². The highest BCUT2D eigenvalue weighted by atomic mass is 16.5. The summed E-state index contributed by atoms with van der Waals surface area (Å²) in [5.41, 5.74) is 2.38. The number of ether oxygens (including phenoxy) is 1. The number of aromatic nitrogens is 3. The van der Waals surface area contributed by atoms with Crippen LogP contribution in [0.3, 0.4) is 0 Å². The number of hydrogen-bond donors (Lipinski definition) is 1. The minimum absolute atomic E-state index is 0.230. The average molecular weight is 360 g/mol. The van der Waals surface area contributed by atoms with Crippen LogP contribution >= 0.6 is 0 Å². The molecule has 1 saturated heterocycles. The van der Waals surface area contributed by atoms with Gasteiger partial charge in [0.1, 0.15) is 5.69 Å². The van der Waals surface area contributed by atoms with Crippen molar-refractivity contribution in [2.45, 2.75) is 12.0 Å². The normalized spacial score (nSPS) is 21.0. The first-order valence-corrected chi connectivity index (χ1v) is 8.66. The number of hydrogen-bond acceptors (Lipinski definition) is 6. The van der Waals surface area contributed by atoms with Crippen molar-refractivity contribution in [2.75, 3.05) is 18.4 Å². The molecule has 0 unspecified atom stereocenters. The molecule has 2 aromatic heterocycles. The van der Waals surface area contributed by atoms with Gasteiger partial charge >= 0.3 is 0 Å². The first-order valence-electron chi connectivity index (χ1n) is 8.66. The van der Waals surface area contributed by atoms with E-state index in [4.69, 9.17) is 10.00 Å². The number of aryl methyl sites for hydroxylation is 1. The number of fused-ring (bicyclic) bond motifs is 2. The van der Waals surface area contributed by atoms with Gasteiger partial charge < -0.3 is 15.0 Å². The predicted octanol–water partition coefficient (Wildman–Crippen LogP) is 1.89. The fraction of sp³-hybridized carbons (Fsp3) is 0.263. The second kappa shape index (κ2) is 5.45. The minimum atomic E-state index is -1.04. The fourth-order valence-corrected chi connectivity index (χ4v) is 3.80. The summed E-state index contributed by atoms with van der Waals surface area (Å²) in [4.78, 5) is 18.7. The monoisotopic (exact) mass is 360 g/mol. The van der Waals surface area contributed by atoms with Gasteiger partial charge in [-0.3, -0.25) is 9.48 Å². The van der Waals surface area contributed by atoms with Gasteiger partial charge in [0.25, 0.3) is 5.91 Å². The molecule has 1 spiro atoms. The highest BCUT2D eigenvalue weighted by Gasteiger charge is 2.50. The molecule has 1 atom stereocenters. The number of likely N-dealkylation sites (tertiary alicyclic amines) is 1. The molecule has 1 amide bonds. The van der Waals surface area contributed by atoms with Crippen molar-refractivity contribution >= 4 is 22.5 Å². The van der Waals surface area contributed by atoms with Gasteiger partial charge in [0.2, 0.25) is 11.5 Å². The second-order valence-electron chi connectivity index (χ2n) is 6.91. The zero-order chi connectivity index (χ0) is 18.6. The number of carbonyl (C=O) groups is 1. The summed E-state index contributed by atoms with van der Waals surface area (Å²) < 4.78 is 7.79. The molecular weight excluding hydrogens is 344 g/mol. The maximum Gasteiger partial charge on any atom is 0.270 e. The third-order valence-electron chi connectivity index (χ3n) is 5.28. The first kappa shape index (κ1) is 15.6. The van der Waals surface area contributed by atoms with E-state index in [-0.39, 0.29) is 12.5 Å². The topological polar surface area (TPSA) is 96.1 Å². The molecule has 134 valence electrons. The number of rotatable bonds is 1. The Labute approximate surface area is 155 Å². The molecule has 5 rings (SSSR count). The summed E-state index contributed by atoms with van der Waals surface area (Å²) in [5, 5.41) is 17.3. The van der Waals surface area contributed by atoms with E-state index in [2.05, 4.69) is 21.6 Å². The Morgan fingerprint density at radius 2 is 2.26 bits per heavy atom. The van der Waals surface area contributed by atoms with E-state index in [1.54, 1.807) is 6.20 Å². The van der Waals surface area contributed by atoms with Gasteiger partial charge in [-0.2, -0.15) is 10.4 Å². The number of amides is 1. The summed E-state index contributed by atoms with van der Waals surface area (Å²) in [6, 6.07) is 7.85. The van der Waals surface area contributed by atoms with Crippen molar-refractivity contribution in [1.29, 1.82) is 5.26 Å². The minimum Gasteiger partial charge on any atom is -0.457 e. The van der Waals surface area contributed by atoms with Crippen molar-refractivity contribution < 1.29 is 9.53 Å². The second-order valence-corrected chi connectivity index (χ2v) is 6.91. The van der Waals surface area contributed by atoms with Gasteiger partial charge in [0.15, 0.2) is 6.19 Å². The van der Waals surface area contributed by atoms with Crippen molar-refractivity contribution in [2.24, 2.45) is 7.05 Å². The molecule has 8 nitrogen and oxygen atoms in total. The highest BCUT2D eigenvalue weighted by Crippen LogP contribution is 2.39. The lowest BCUT2D eigenvalue weighted by Crippen LogP contribution is -2.52. The molecule has 1 aromatic carbocycles. The van der Waals surface area contributed by atoms with Gasteiger partial charge in [-0.25, -0.2) is 4.98 Å². The van der Waals surface area contributed by atoms with E-state index >= 15 is 0 Å². The maximum absolute atomic E-state index is 12.7. The van der Waals surface area contributed by atoms with Crippen LogP contribution in [0.2, 0.25) is 0 Å². The van der Waals surface area contributed by atoms with Crippen molar-refractivity contribution in [3.05, 3.63) is 36.7 Å². The third kappa shape index (κ3) is 2.25. The summed E-state index contributed by atoms with van der Waals surface area (Å²) >= 11 is 0. The Morgan fingerprint density at radius 3 is 3.07 bits per heavy atom. The van der Waals surface area contributed by atoms with E-state index in [1.807, 2.05) is 42.2 Å². The summed E-state index contributed by atoms with van der Waals surface area (Å²) in [5.74, 6) is 0.155. The summed E-state index contributed by atoms with van der Waals surface area (Å²) in [6.07, 6.45) is 6.10. The Hall–Kier alpha value is -3.60. The lowest BCUT2D eigenvalue weighted by Gasteiger charge is -2.33. The van der Waals surface area contributed by atoms with Crippen LogP contribution in [-0.4, -0.2) is 44.3 Å². The predicted molar refractivity (Wildman–Crippen MR) is 97.7 cm³/mol. The van der Waals surface area contributed by atoms with Crippen LogP contribution in [0, 0.1) is 11.5 Å². The molecule has 0 bridgehead atoms. The van der Waals surface area contributed by atoms with Gasteiger partial charge in [-0.15, -0.1) is 0 Å². The number of nitrogens with zero attached hydrogens (tertiary/aromatic N) is 5. The number of pyridine rings is 1. The summed E-state index contributed by atoms with van der Waals surface area (Å²) in [7, 11) is 1.90. The molecule has 2 aliphatic rings. The molecule has 4 heterocycles. The van der Waals surface area contributed by atoms with E-state index in [0.29, 0.717) is 24.5 Å². The fourth-order valence-electron chi connectivity index (χ4n) is 3.80. The first-order chi connectivity index (χ1) is 13.1. The lowest BCUT2D eigenvalue weighted by molar-refractivity contribution is -0.131. The molecule has 3 aromatic rings. The standard InChI is InChI=1S/C19H16N6O2/c1-24-16-4-2-3-13(14(16)9-22-24)12-7-15-17(21-8-12)27-19(18(26)23-15)5-6-25(10-19)11-20/h2-4,7-9H,5-6,10H2,1H3,(H,23,26)/t19-/m1/s1. The van der Waals surface area contributed by atoms with Crippen molar-refractivity contribution in [3.63, 3.8) is 0 Å². The quantitative estimate of drug-likeness (QED) is 0.666. The van der Waals surface area contributed by atoms with Gasteiger partial charge in [0, 0.05) is 37.2 Å². The van der Waals surface area contributed by atoms with Gasteiger partial charge in [-0.05, 0) is 17.7 Å². The van der Waals surface area contributed by atoms with Gasteiger partial charge in [0.05, 0.1) is 18.3 Å². The largest absolute Gasteiger partial charge is 0.457 e. The number of benzene rings is 1. The maximum atomic E-state index is 12.7. The smallest absolute Gasteiger partial charge is 0.270 e. The molecule has 0 saturated carbocycles. The van der Waals surface area contributed by atoms with E-state index < -0.39 is 5.60 Å². The molecule has 1 fully saturated rings. The van der Waals surface area contributed by atoms with Crippen LogP contribution < -0.4 is 10.1 Å². The molecule has 1 N–H and O–H groups in total. The Kier molecular flexibility index (Phi) is 3.15. The number of carbonyl (C=O) groups excluding carboxylic acids is 1. The Balaban J connectivity index is 1.55. The molecule has 27 heavy (non-hydrogen) atoms. The van der Waals surface area contributed by atoms with Crippen LogP contribution in [0.1, 0.15) is 6.42 Å². The SMILES string of the molecule is Cn1ncc2c(-c3cnc4c(c3)NC(=O)[C@]3(CCN(C#N)C3)O4)cccc21. The van der Waals surface area contributed by atoms with Gasteiger partial charge in [-0.1, -0.05) is 12.1 Å². The third-order valence-corrected chi connectivity index (χ3v) is 5.28. The molecule has 8 heteroatoms. The summed E-state index contributed by atoms with van der Waals surface area (Å²) in [6.45, 7) is 0.744. The average Bonchev–Trinajstić information content (AvgIpc) is 3.27. The molecule has 0 radical (unpaired) electrons. The van der Waals surface area contributed by atoms with Crippen LogP contribution in [0.5, 0.6) is 5.88 Å². The lowest BCUT2D eigenvalue weighted by atomic mass is 9.99. The zero-order valence-corrected chi connectivity index (χ0v) is 14.6. The van der Waals surface area contributed by atoms with Crippen LogP contribution in [0.25, 0.3) is 22.0 Å². The van der Waals surface area contributed by atoms with E-state index in [9.17, 15) is 4.79 Å². The molecule has 0 aliphatic carbocycles. The highest BCUT2D eigenvalue weighted by molar-refractivity contribution is 6.02. The van der Waals surface area contributed by atoms with E-state index in [1.165, 1.54) is 4.90 Å². The number of nitriles is 1. The number of anilines is 1. The molecular formula is C19H16N6O2. The van der Waals surface area contributed by atoms with Crippen molar-refractivity contribution in [3.8, 4) is 23.2 Å². The van der Waals surface area contributed by atoms with Crippen molar-refractivity contribution in [1.82, 2.24) is 19.7 Å². The van der Waals surface area contributed by atoms with Crippen LogP contribution in [0.4, 0.5) is 5.69 Å². The molecule has 2 aliphatic heterocycles. The zero-order valence-electron chi connectivity index (χ0n) is 14.6. The number of nitrogens with one attached hydrogen (secondary N) is 1. The van der Waals surface area contributed by atoms with Crippen LogP contribution in [0.15, 0.2) is 36.7 Å². The Bertz CT molecular complexity index is 1130. The Morgan fingerprint density at radius 1 is 1.37 bits per heavy atom.